The molecule has 0 fully saturated rings. The number of aromatic nitrogens is 2. The zero-order chi connectivity index (χ0) is 11.4. The van der Waals surface area contributed by atoms with Crippen LogP contribution in [0.4, 0.5) is 0 Å². The van der Waals surface area contributed by atoms with Crippen LogP contribution in [-0.4, -0.2) is 15.8 Å². The van der Waals surface area contributed by atoms with Crippen molar-refractivity contribution in [2.75, 3.05) is 0 Å². The molecule has 0 aromatic carbocycles. The van der Waals surface area contributed by atoms with Crippen LogP contribution >= 0.6 is 11.6 Å². The highest BCUT2D eigenvalue weighted by molar-refractivity contribution is 6.31. The van der Waals surface area contributed by atoms with Crippen LogP contribution in [0.15, 0.2) is 12.7 Å². The fourth-order valence-electron chi connectivity index (χ4n) is 1.59. The van der Waals surface area contributed by atoms with E-state index in [0.717, 1.165) is 35.7 Å². The van der Waals surface area contributed by atoms with Gasteiger partial charge in [-0.15, -0.1) is 6.58 Å². The van der Waals surface area contributed by atoms with E-state index in [4.69, 9.17) is 17.3 Å². The van der Waals surface area contributed by atoms with Crippen LogP contribution in [0, 0.1) is 0 Å². The van der Waals surface area contributed by atoms with Crippen molar-refractivity contribution in [1.29, 1.82) is 0 Å². The number of halogens is 1. The molecular weight excluding hydrogens is 210 g/mol. The third kappa shape index (κ3) is 2.83. The van der Waals surface area contributed by atoms with Gasteiger partial charge in [-0.2, -0.15) is 5.10 Å². The molecule has 0 radical (unpaired) electrons. The lowest BCUT2D eigenvalue weighted by Crippen LogP contribution is -2.23. The second kappa shape index (κ2) is 5.33. The van der Waals surface area contributed by atoms with Crippen molar-refractivity contribution >= 4 is 11.6 Å². The second-order valence-electron chi connectivity index (χ2n) is 3.67. The molecule has 1 aromatic heterocycles. The maximum Gasteiger partial charge on any atom is 0.0850 e. The number of aryl methyl sites for hydroxylation is 2. The second-order valence-corrected chi connectivity index (χ2v) is 4.05. The normalized spacial score (nSPS) is 12.8. The van der Waals surface area contributed by atoms with E-state index in [0.29, 0.717) is 0 Å². The largest absolute Gasteiger partial charge is 0.327 e. The van der Waals surface area contributed by atoms with Gasteiger partial charge in [0.15, 0.2) is 0 Å². The summed E-state index contributed by atoms with van der Waals surface area (Å²) >= 11 is 6.21. The number of hydrogen-bond donors (Lipinski definition) is 1. The van der Waals surface area contributed by atoms with Crippen LogP contribution in [-0.2, 0) is 19.9 Å². The average molecular weight is 228 g/mol. The molecule has 0 aliphatic heterocycles. The van der Waals surface area contributed by atoms with Crippen molar-refractivity contribution in [2.24, 2.45) is 12.8 Å². The fourth-order valence-corrected chi connectivity index (χ4v) is 1.96. The monoisotopic (exact) mass is 227 g/mol. The predicted octanol–water partition coefficient (Wildman–Crippen LogP) is 2.08. The summed E-state index contributed by atoms with van der Waals surface area (Å²) in [6.45, 7) is 5.72. The summed E-state index contributed by atoms with van der Waals surface area (Å²) in [5.74, 6) is 0. The lowest BCUT2D eigenvalue weighted by atomic mass is 10.1. The molecule has 1 atom stereocenters. The smallest absolute Gasteiger partial charge is 0.0850 e. The minimum Gasteiger partial charge on any atom is -0.327 e. The van der Waals surface area contributed by atoms with Gasteiger partial charge < -0.3 is 5.73 Å². The summed E-state index contributed by atoms with van der Waals surface area (Å²) in [5, 5.41) is 5.11. The highest BCUT2D eigenvalue weighted by Crippen LogP contribution is 2.22. The van der Waals surface area contributed by atoms with Gasteiger partial charge in [0, 0.05) is 19.5 Å². The van der Waals surface area contributed by atoms with E-state index in [2.05, 4.69) is 11.7 Å². The first kappa shape index (κ1) is 12.3. The summed E-state index contributed by atoms with van der Waals surface area (Å²) in [6, 6.07) is 0.0695. The van der Waals surface area contributed by atoms with Gasteiger partial charge in [-0.25, -0.2) is 0 Å². The first-order chi connectivity index (χ1) is 7.10. The molecule has 3 nitrogen and oxygen atoms in total. The Morgan fingerprint density at radius 1 is 1.67 bits per heavy atom. The molecule has 0 saturated heterocycles. The van der Waals surface area contributed by atoms with Gasteiger partial charge in [0.25, 0.3) is 0 Å². The lowest BCUT2D eigenvalue weighted by Gasteiger charge is -2.09. The Balaban J connectivity index is 2.84. The number of nitrogens with two attached hydrogens (primary N) is 1. The van der Waals surface area contributed by atoms with E-state index in [1.54, 1.807) is 0 Å². The van der Waals surface area contributed by atoms with Gasteiger partial charge >= 0.3 is 0 Å². The predicted molar refractivity (Wildman–Crippen MR) is 64.1 cm³/mol. The summed E-state index contributed by atoms with van der Waals surface area (Å²) in [7, 11) is 1.90. The quantitative estimate of drug-likeness (QED) is 0.783. The Morgan fingerprint density at radius 2 is 2.33 bits per heavy atom. The van der Waals surface area contributed by atoms with E-state index >= 15 is 0 Å². The van der Waals surface area contributed by atoms with Crippen molar-refractivity contribution < 1.29 is 0 Å². The molecule has 0 aliphatic carbocycles. The Bertz CT molecular complexity index is 344. The first-order valence-corrected chi connectivity index (χ1v) is 5.54. The van der Waals surface area contributed by atoms with Crippen LogP contribution in [0.1, 0.15) is 24.7 Å². The molecule has 2 N–H and O–H groups in total. The molecule has 1 aromatic rings. The first-order valence-electron chi connectivity index (χ1n) is 5.16. The van der Waals surface area contributed by atoms with E-state index < -0.39 is 0 Å². The van der Waals surface area contributed by atoms with E-state index in [1.165, 1.54) is 0 Å². The molecule has 0 saturated carbocycles. The van der Waals surface area contributed by atoms with Gasteiger partial charge in [0.2, 0.25) is 0 Å². The molecule has 1 unspecified atom stereocenters. The molecule has 84 valence electrons. The zero-order valence-corrected chi connectivity index (χ0v) is 10.1. The molecule has 0 bridgehead atoms. The Kier molecular flexibility index (Phi) is 4.36. The van der Waals surface area contributed by atoms with Crippen molar-refractivity contribution in [1.82, 2.24) is 9.78 Å². The Labute approximate surface area is 95.9 Å². The van der Waals surface area contributed by atoms with Gasteiger partial charge in [0.1, 0.15) is 0 Å². The van der Waals surface area contributed by atoms with Crippen molar-refractivity contribution in [3.63, 3.8) is 0 Å². The maximum absolute atomic E-state index is 6.21. The summed E-state index contributed by atoms with van der Waals surface area (Å²) in [6.07, 6.45) is 4.22. The summed E-state index contributed by atoms with van der Waals surface area (Å²) in [5.41, 5.74) is 7.89. The van der Waals surface area contributed by atoms with Crippen LogP contribution in [0.25, 0.3) is 0 Å². The Morgan fingerprint density at radius 3 is 2.80 bits per heavy atom. The van der Waals surface area contributed by atoms with Gasteiger partial charge in [0.05, 0.1) is 16.4 Å². The average Bonchev–Trinajstić information content (AvgIpc) is 2.45. The number of nitrogens with zero attached hydrogens (tertiary/aromatic N) is 2. The van der Waals surface area contributed by atoms with E-state index in [9.17, 15) is 0 Å². The molecule has 15 heavy (non-hydrogen) atoms. The zero-order valence-electron chi connectivity index (χ0n) is 9.33. The molecule has 0 amide bonds. The Hall–Kier alpha value is -0.800. The maximum atomic E-state index is 6.21. The molecule has 0 spiro atoms. The number of rotatable bonds is 5. The molecule has 4 heteroatoms. The third-order valence-electron chi connectivity index (χ3n) is 2.43. The van der Waals surface area contributed by atoms with E-state index in [-0.39, 0.29) is 6.04 Å². The van der Waals surface area contributed by atoms with Crippen LogP contribution in [0.2, 0.25) is 5.02 Å². The molecule has 1 rings (SSSR count). The van der Waals surface area contributed by atoms with Crippen molar-refractivity contribution in [3.8, 4) is 0 Å². The SMILES string of the molecule is C=CCC(N)Cc1c(Cl)c(CC)nn1C. The summed E-state index contributed by atoms with van der Waals surface area (Å²) < 4.78 is 1.82. The van der Waals surface area contributed by atoms with Gasteiger partial charge in [-0.3, -0.25) is 4.68 Å². The minimum atomic E-state index is 0.0695. The molecule has 0 aliphatic rings. The molecule has 1 heterocycles. The fraction of sp³-hybridized carbons (Fsp3) is 0.545. The highest BCUT2D eigenvalue weighted by Gasteiger charge is 2.14. The third-order valence-corrected chi connectivity index (χ3v) is 2.86. The van der Waals surface area contributed by atoms with E-state index in [1.807, 2.05) is 24.7 Å². The summed E-state index contributed by atoms with van der Waals surface area (Å²) in [4.78, 5) is 0. The standard InChI is InChI=1S/C11H18ClN3/c1-4-6-8(13)7-10-11(12)9(5-2)14-15(10)3/h4,8H,1,5-7,13H2,2-3H3. The highest BCUT2D eigenvalue weighted by atomic mass is 35.5. The topological polar surface area (TPSA) is 43.8 Å². The van der Waals surface area contributed by atoms with Crippen LogP contribution in [0.3, 0.4) is 0 Å². The lowest BCUT2D eigenvalue weighted by molar-refractivity contribution is 0.619. The minimum absolute atomic E-state index is 0.0695. The number of hydrogen-bond acceptors (Lipinski definition) is 2. The van der Waals surface area contributed by atoms with Gasteiger partial charge in [-0.05, 0) is 12.8 Å². The van der Waals surface area contributed by atoms with Crippen molar-refractivity contribution in [3.05, 3.63) is 29.1 Å². The van der Waals surface area contributed by atoms with Gasteiger partial charge in [-0.1, -0.05) is 24.6 Å². The molecular formula is C11H18ClN3. The van der Waals surface area contributed by atoms with Crippen molar-refractivity contribution in [2.45, 2.75) is 32.2 Å². The van der Waals surface area contributed by atoms with Crippen LogP contribution < -0.4 is 5.73 Å². The van der Waals surface area contributed by atoms with Crippen LogP contribution in [0.5, 0.6) is 0 Å².